The summed E-state index contributed by atoms with van der Waals surface area (Å²) < 4.78 is 10.9. The molecule has 0 amide bonds. The van der Waals surface area contributed by atoms with Gasteiger partial charge in [-0.2, -0.15) is 0 Å². The maximum absolute atomic E-state index is 5.46. The van der Waals surface area contributed by atoms with Gasteiger partial charge in [-0.05, 0) is 52.7 Å². The van der Waals surface area contributed by atoms with Crippen molar-refractivity contribution in [3.8, 4) is 0 Å². The lowest BCUT2D eigenvalue weighted by atomic mass is 10.1. The van der Waals surface area contributed by atoms with E-state index in [1.54, 1.807) is 6.26 Å². The van der Waals surface area contributed by atoms with Gasteiger partial charge in [-0.25, -0.2) is 0 Å². The Labute approximate surface area is 164 Å². The Balaban J connectivity index is 1.76. The molecule has 1 saturated heterocycles. The van der Waals surface area contributed by atoms with Crippen LogP contribution in [0.25, 0.3) is 0 Å². The van der Waals surface area contributed by atoms with Crippen LogP contribution in [0.5, 0.6) is 0 Å². The molecular formula is C21H38N4O2. The van der Waals surface area contributed by atoms with Crippen LogP contribution >= 0.6 is 0 Å². The summed E-state index contributed by atoms with van der Waals surface area (Å²) >= 11 is 0. The fourth-order valence-corrected chi connectivity index (χ4v) is 3.46. The van der Waals surface area contributed by atoms with Gasteiger partial charge in [-0.1, -0.05) is 0 Å². The average molecular weight is 379 g/mol. The van der Waals surface area contributed by atoms with Crippen LogP contribution in [0, 0.1) is 5.92 Å². The third-order valence-electron chi connectivity index (χ3n) is 4.99. The standard InChI is InChI=1S/C21H38N4O2/c1-17(2)25(18(3)4)12-6-10-22-21(24-15-19-9-14-26-16-19)23-11-8-20-7-5-13-27-20/h5,7,13,17-19H,6,8-12,14-16H2,1-4H3,(H2,22,23,24). The molecule has 0 aromatic carbocycles. The number of guanidine groups is 1. The van der Waals surface area contributed by atoms with Crippen LogP contribution < -0.4 is 10.6 Å². The van der Waals surface area contributed by atoms with E-state index < -0.39 is 0 Å². The monoisotopic (exact) mass is 378 g/mol. The molecule has 0 radical (unpaired) electrons. The second kappa shape index (κ2) is 12.0. The Morgan fingerprint density at radius 1 is 1.22 bits per heavy atom. The third-order valence-corrected chi connectivity index (χ3v) is 4.99. The second-order valence-corrected chi connectivity index (χ2v) is 7.88. The van der Waals surface area contributed by atoms with Crippen LogP contribution in [-0.2, 0) is 11.2 Å². The minimum Gasteiger partial charge on any atom is -0.469 e. The SMILES string of the molecule is CC(C)N(CCCNC(=NCC1CCOC1)NCCc1ccco1)C(C)C. The van der Waals surface area contributed by atoms with Crippen LogP contribution in [0.3, 0.4) is 0 Å². The number of hydrogen-bond acceptors (Lipinski definition) is 4. The molecule has 2 rings (SSSR count). The van der Waals surface area contributed by atoms with E-state index in [-0.39, 0.29) is 0 Å². The largest absolute Gasteiger partial charge is 0.469 e. The summed E-state index contributed by atoms with van der Waals surface area (Å²) in [5, 5.41) is 6.94. The summed E-state index contributed by atoms with van der Waals surface area (Å²) in [5.41, 5.74) is 0. The highest BCUT2D eigenvalue weighted by molar-refractivity contribution is 5.79. The summed E-state index contributed by atoms with van der Waals surface area (Å²) in [4.78, 5) is 7.31. The molecule has 0 bridgehead atoms. The van der Waals surface area contributed by atoms with E-state index in [4.69, 9.17) is 14.1 Å². The maximum Gasteiger partial charge on any atom is 0.191 e. The van der Waals surface area contributed by atoms with Gasteiger partial charge >= 0.3 is 0 Å². The van der Waals surface area contributed by atoms with Gasteiger partial charge in [0.2, 0.25) is 0 Å². The van der Waals surface area contributed by atoms with E-state index >= 15 is 0 Å². The van der Waals surface area contributed by atoms with E-state index in [1.807, 2.05) is 12.1 Å². The highest BCUT2D eigenvalue weighted by Gasteiger charge is 2.15. The van der Waals surface area contributed by atoms with Crippen LogP contribution in [0.15, 0.2) is 27.8 Å². The number of hydrogen-bond donors (Lipinski definition) is 2. The first-order chi connectivity index (χ1) is 13.1. The first-order valence-electron chi connectivity index (χ1n) is 10.4. The molecule has 1 atom stereocenters. The van der Waals surface area contributed by atoms with Gasteiger partial charge in [0.05, 0.1) is 12.9 Å². The molecule has 6 nitrogen and oxygen atoms in total. The van der Waals surface area contributed by atoms with Crippen molar-refractivity contribution in [1.29, 1.82) is 0 Å². The van der Waals surface area contributed by atoms with Crippen molar-refractivity contribution in [3.05, 3.63) is 24.2 Å². The van der Waals surface area contributed by atoms with Gasteiger partial charge in [-0.3, -0.25) is 9.89 Å². The molecule has 0 saturated carbocycles. The van der Waals surface area contributed by atoms with Gasteiger partial charge < -0.3 is 19.8 Å². The zero-order valence-electron chi connectivity index (χ0n) is 17.5. The molecular weight excluding hydrogens is 340 g/mol. The predicted molar refractivity (Wildman–Crippen MR) is 111 cm³/mol. The zero-order valence-corrected chi connectivity index (χ0v) is 17.5. The minimum absolute atomic E-state index is 0.547. The molecule has 0 spiro atoms. The number of nitrogens with one attached hydrogen (secondary N) is 2. The smallest absolute Gasteiger partial charge is 0.191 e. The van der Waals surface area contributed by atoms with Crippen molar-refractivity contribution in [2.24, 2.45) is 10.9 Å². The molecule has 6 heteroatoms. The first-order valence-corrected chi connectivity index (χ1v) is 10.4. The molecule has 154 valence electrons. The van der Waals surface area contributed by atoms with Crippen molar-refractivity contribution in [2.45, 2.75) is 59.0 Å². The Kier molecular flexibility index (Phi) is 9.70. The Bertz CT molecular complexity index is 514. The van der Waals surface area contributed by atoms with Crippen molar-refractivity contribution in [3.63, 3.8) is 0 Å². The van der Waals surface area contributed by atoms with E-state index in [0.717, 1.165) is 70.4 Å². The van der Waals surface area contributed by atoms with Crippen LogP contribution in [-0.4, -0.2) is 62.3 Å². The lowest BCUT2D eigenvalue weighted by molar-refractivity contribution is 0.173. The van der Waals surface area contributed by atoms with E-state index in [1.165, 1.54) is 0 Å². The van der Waals surface area contributed by atoms with Gasteiger partial charge in [0.25, 0.3) is 0 Å². The second-order valence-electron chi connectivity index (χ2n) is 7.88. The van der Waals surface area contributed by atoms with Crippen LogP contribution in [0.1, 0.15) is 46.3 Å². The lowest BCUT2D eigenvalue weighted by Crippen LogP contribution is -2.42. The number of furan rings is 1. The highest BCUT2D eigenvalue weighted by atomic mass is 16.5. The molecule has 0 aliphatic carbocycles. The van der Waals surface area contributed by atoms with Crippen LogP contribution in [0.4, 0.5) is 0 Å². The molecule has 27 heavy (non-hydrogen) atoms. The highest BCUT2D eigenvalue weighted by Crippen LogP contribution is 2.12. The zero-order chi connectivity index (χ0) is 19.5. The Hall–Kier alpha value is -1.53. The number of ether oxygens (including phenoxy) is 1. The third kappa shape index (κ3) is 8.35. The van der Waals surface area contributed by atoms with E-state index in [2.05, 4.69) is 43.2 Å². The Morgan fingerprint density at radius 3 is 2.63 bits per heavy atom. The molecule has 1 aliphatic heterocycles. The summed E-state index contributed by atoms with van der Waals surface area (Å²) in [6, 6.07) is 5.09. The summed E-state index contributed by atoms with van der Waals surface area (Å²) in [7, 11) is 0. The molecule has 1 unspecified atom stereocenters. The maximum atomic E-state index is 5.46. The molecule has 1 aliphatic rings. The fourth-order valence-electron chi connectivity index (χ4n) is 3.46. The van der Waals surface area contributed by atoms with E-state index in [0.29, 0.717) is 18.0 Å². The number of aliphatic imine (C=N–C) groups is 1. The van der Waals surface area contributed by atoms with E-state index in [9.17, 15) is 0 Å². The topological polar surface area (TPSA) is 62.0 Å². The van der Waals surface area contributed by atoms with Crippen molar-refractivity contribution < 1.29 is 9.15 Å². The predicted octanol–water partition coefficient (Wildman–Crippen LogP) is 2.90. The van der Waals surface area contributed by atoms with Crippen molar-refractivity contribution in [1.82, 2.24) is 15.5 Å². The fraction of sp³-hybridized carbons (Fsp3) is 0.762. The average Bonchev–Trinajstić information content (AvgIpc) is 3.32. The molecule has 2 N–H and O–H groups in total. The lowest BCUT2D eigenvalue weighted by Gasteiger charge is -2.30. The Morgan fingerprint density at radius 2 is 2.00 bits per heavy atom. The van der Waals surface area contributed by atoms with Gasteiger partial charge in [-0.15, -0.1) is 0 Å². The molecule has 1 aromatic heterocycles. The number of nitrogens with zero attached hydrogens (tertiary/aromatic N) is 2. The van der Waals surface area contributed by atoms with Gasteiger partial charge in [0, 0.05) is 57.2 Å². The summed E-state index contributed by atoms with van der Waals surface area (Å²) in [6.07, 6.45) is 4.79. The minimum atomic E-state index is 0.547. The van der Waals surface area contributed by atoms with Gasteiger partial charge in [0.15, 0.2) is 5.96 Å². The molecule has 2 heterocycles. The first kappa shape index (κ1) is 21.8. The van der Waals surface area contributed by atoms with Gasteiger partial charge in [0.1, 0.15) is 5.76 Å². The summed E-state index contributed by atoms with van der Waals surface area (Å²) in [5.74, 6) is 2.44. The molecule has 1 aromatic rings. The summed E-state index contributed by atoms with van der Waals surface area (Å²) in [6.45, 7) is 14.4. The van der Waals surface area contributed by atoms with Crippen molar-refractivity contribution >= 4 is 5.96 Å². The normalized spacial score (nSPS) is 18.0. The quantitative estimate of drug-likeness (QED) is 0.352. The van der Waals surface area contributed by atoms with Crippen molar-refractivity contribution in [2.75, 3.05) is 39.4 Å². The molecule has 1 fully saturated rings. The number of rotatable bonds is 11. The van der Waals surface area contributed by atoms with Crippen LogP contribution in [0.2, 0.25) is 0 Å².